The Morgan fingerprint density at radius 2 is 1.91 bits per heavy atom. The molecule has 0 saturated carbocycles. The van der Waals surface area contributed by atoms with E-state index in [0.717, 1.165) is 6.07 Å². The maximum atomic E-state index is 11.5. The van der Waals surface area contributed by atoms with Crippen LogP contribution in [0.15, 0.2) is 12.1 Å². The van der Waals surface area contributed by atoms with E-state index in [2.05, 4.69) is 5.32 Å². The van der Waals surface area contributed by atoms with Gasteiger partial charge in [-0.2, -0.15) is 0 Å². The second kappa shape index (κ2) is 6.74. The van der Waals surface area contributed by atoms with Gasteiger partial charge in [0.2, 0.25) is 5.91 Å². The van der Waals surface area contributed by atoms with Crippen molar-refractivity contribution in [3.05, 3.63) is 38.9 Å². The summed E-state index contributed by atoms with van der Waals surface area (Å²) in [7, 11) is 0. The van der Waals surface area contributed by atoms with Gasteiger partial charge in [-0.15, -0.1) is 0 Å². The summed E-state index contributed by atoms with van der Waals surface area (Å²) in [5, 5.41) is 32.2. The minimum atomic E-state index is -1.27. The van der Waals surface area contributed by atoms with Gasteiger partial charge in [-0.1, -0.05) is 20.8 Å². The average molecular weight is 324 g/mol. The maximum Gasteiger partial charge on any atom is 0.336 e. The SMILES string of the molecule is CC(O)C(=O)NCc1c([N+](=O)[O-])ccc(C(=O)O)c1C(C)(C)C. The van der Waals surface area contributed by atoms with Gasteiger partial charge in [-0.05, 0) is 24.0 Å². The summed E-state index contributed by atoms with van der Waals surface area (Å²) in [6.07, 6.45) is -1.27. The summed E-state index contributed by atoms with van der Waals surface area (Å²) < 4.78 is 0. The lowest BCUT2D eigenvalue weighted by molar-refractivity contribution is -0.385. The van der Waals surface area contributed by atoms with Gasteiger partial charge in [0.05, 0.1) is 16.1 Å². The zero-order chi connectivity index (χ0) is 17.9. The van der Waals surface area contributed by atoms with Crippen molar-refractivity contribution in [2.75, 3.05) is 0 Å². The van der Waals surface area contributed by atoms with Crippen molar-refractivity contribution in [1.82, 2.24) is 5.32 Å². The van der Waals surface area contributed by atoms with Crippen LogP contribution in [-0.2, 0) is 16.8 Å². The number of nitrogens with one attached hydrogen (secondary N) is 1. The molecule has 0 fully saturated rings. The number of nitro benzene ring substituents is 1. The topological polar surface area (TPSA) is 130 Å². The summed E-state index contributed by atoms with van der Waals surface area (Å²) in [5.41, 5.74) is -0.610. The minimum absolute atomic E-state index is 0.0515. The van der Waals surface area contributed by atoms with Crippen molar-refractivity contribution in [3.63, 3.8) is 0 Å². The van der Waals surface area contributed by atoms with Crippen LogP contribution >= 0.6 is 0 Å². The Balaban J connectivity index is 3.53. The van der Waals surface area contributed by atoms with E-state index in [9.17, 15) is 29.9 Å². The zero-order valence-electron chi connectivity index (χ0n) is 13.4. The molecule has 1 rings (SSSR count). The molecule has 0 spiro atoms. The molecule has 1 aromatic carbocycles. The molecule has 0 aliphatic rings. The Morgan fingerprint density at radius 1 is 1.35 bits per heavy atom. The predicted molar refractivity (Wildman–Crippen MR) is 82.3 cm³/mol. The monoisotopic (exact) mass is 324 g/mol. The lowest BCUT2D eigenvalue weighted by atomic mass is 9.79. The summed E-state index contributed by atoms with van der Waals surface area (Å²) in [4.78, 5) is 33.6. The Bertz CT molecular complexity index is 646. The van der Waals surface area contributed by atoms with E-state index in [0.29, 0.717) is 0 Å². The van der Waals surface area contributed by atoms with Crippen LogP contribution in [0.3, 0.4) is 0 Å². The van der Waals surface area contributed by atoms with Gasteiger partial charge in [0.15, 0.2) is 0 Å². The number of carboxylic acid groups (broad SMARTS) is 1. The van der Waals surface area contributed by atoms with E-state index in [4.69, 9.17) is 0 Å². The molecule has 0 aliphatic carbocycles. The molecule has 0 bridgehead atoms. The van der Waals surface area contributed by atoms with Crippen LogP contribution in [0.5, 0.6) is 0 Å². The van der Waals surface area contributed by atoms with E-state index in [1.54, 1.807) is 20.8 Å². The van der Waals surface area contributed by atoms with Gasteiger partial charge in [0.1, 0.15) is 6.10 Å². The maximum absolute atomic E-state index is 11.5. The smallest absolute Gasteiger partial charge is 0.336 e. The van der Waals surface area contributed by atoms with Crippen molar-refractivity contribution < 1.29 is 24.7 Å². The van der Waals surface area contributed by atoms with E-state index in [1.165, 1.54) is 13.0 Å². The number of rotatable bonds is 5. The Labute approximate surface area is 133 Å². The van der Waals surface area contributed by atoms with Crippen LogP contribution in [0.1, 0.15) is 49.2 Å². The highest BCUT2D eigenvalue weighted by Crippen LogP contribution is 2.34. The molecule has 0 heterocycles. The number of amides is 1. The van der Waals surface area contributed by atoms with Gasteiger partial charge in [0, 0.05) is 12.6 Å². The lowest BCUT2D eigenvalue weighted by Crippen LogP contribution is -2.33. The highest BCUT2D eigenvalue weighted by atomic mass is 16.6. The van der Waals surface area contributed by atoms with Gasteiger partial charge < -0.3 is 15.5 Å². The van der Waals surface area contributed by atoms with E-state index in [-0.39, 0.29) is 28.9 Å². The fourth-order valence-electron chi connectivity index (χ4n) is 2.34. The summed E-state index contributed by atoms with van der Waals surface area (Å²) in [6, 6.07) is 2.31. The largest absolute Gasteiger partial charge is 0.478 e. The predicted octanol–water partition coefficient (Wildman–Crippen LogP) is 1.59. The molecule has 0 radical (unpaired) electrons. The van der Waals surface area contributed by atoms with Gasteiger partial charge >= 0.3 is 5.97 Å². The first kappa shape index (κ1) is 18.6. The number of hydrogen-bond acceptors (Lipinski definition) is 5. The third-order valence-electron chi connectivity index (χ3n) is 3.28. The van der Waals surface area contributed by atoms with Crippen molar-refractivity contribution in [2.24, 2.45) is 0 Å². The number of hydrogen-bond donors (Lipinski definition) is 3. The van der Waals surface area contributed by atoms with Crippen LogP contribution < -0.4 is 5.32 Å². The number of carboxylic acids is 1. The number of carbonyl (C=O) groups excluding carboxylic acids is 1. The number of aromatic carboxylic acids is 1. The Hall–Kier alpha value is -2.48. The third-order valence-corrected chi connectivity index (χ3v) is 3.28. The molecule has 8 nitrogen and oxygen atoms in total. The van der Waals surface area contributed by atoms with Crippen LogP contribution in [0.25, 0.3) is 0 Å². The summed E-state index contributed by atoms with van der Waals surface area (Å²) in [5.74, 6) is -1.90. The van der Waals surface area contributed by atoms with E-state index in [1.807, 2.05) is 0 Å². The molecule has 23 heavy (non-hydrogen) atoms. The van der Waals surface area contributed by atoms with Crippen LogP contribution in [-0.4, -0.2) is 33.1 Å². The normalized spacial score (nSPS) is 12.6. The minimum Gasteiger partial charge on any atom is -0.478 e. The lowest BCUT2D eigenvalue weighted by Gasteiger charge is -2.25. The van der Waals surface area contributed by atoms with Crippen LogP contribution in [0, 0.1) is 10.1 Å². The highest BCUT2D eigenvalue weighted by Gasteiger charge is 2.30. The summed E-state index contributed by atoms with van der Waals surface area (Å²) in [6.45, 7) is 6.23. The standard InChI is InChI=1S/C15H20N2O6/c1-8(18)13(19)16-7-10-11(17(22)23)6-5-9(14(20)21)12(10)15(2,3)4/h5-6,8,18H,7H2,1-4H3,(H,16,19)(H,20,21). The van der Waals surface area contributed by atoms with Crippen molar-refractivity contribution >= 4 is 17.6 Å². The molecule has 126 valence electrons. The molecule has 0 aromatic heterocycles. The van der Waals surface area contributed by atoms with Gasteiger partial charge in [0.25, 0.3) is 5.69 Å². The van der Waals surface area contributed by atoms with Crippen LogP contribution in [0.2, 0.25) is 0 Å². The highest BCUT2D eigenvalue weighted by molar-refractivity contribution is 5.91. The number of nitrogens with zero attached hydrogens (tertiary/aromatic N) is 1. The number of nitro groups is 1. The third kappa shape index (κ3) is 4.26. The molecule has 8 heteroatoms. The number of carbonyl (C=O) groups is 2. The average Bonchev–Trinajstić information content (AvgIpc) is 2.41. The zero-order valence-corrected chi connectivity index (χ0v) is 13.4. The Kier molecular flexibility index (Phi) is 5.44. The molecule has 1 aromatic rings. The van der Waals surface area contributed by atoms with E-state index >= 15 is 0 Å². The molecule has 3 N–H and O–H groups in total. The van der Waals surface area contributed by atoms with E-state index < -0.39 is 28.3 Å². The van der Waals surface area contributed by atoms with Crippen LogP contribution in [0.4, 0.5) is 5.69 Å². The fourth-order valence-corrected chi connectivity index (χ4v) is 2.34. The molecule has 0 aliphatic heterocycles. The first-order valence-electron chi connectivity index (χ1n) is 6.96. The fraction of sp³-hybridized carbons (Fsp3) is 0.467. The number of aliphatic hydroxyl groups excluding tert-OH is 1. The summed E-state index contributed by atoms with van der Waals surface area (Å²) >= 11 is 0. The first-order chi connectivity index (χ1) is 10.5. The van der Waals surface area contributed by atoms with Crippen molar-refractivity contribution in [1.29, 1.82) is 0 Å². The molecule has 1 atom stereocenters. The molecular formula is C15H20N2O6. The quantitative estimate of drug-likeness (QED) is 0.557. The van der Waals surface area contributed by atoms with Gasteiger partial charge in [-0.3, -0.25) is 14.9 Å². The molecule has 1 unspecified atom stereocenters. The molecule has 0 saturated heterocycles. The van der Waals surface area contributed by atoms with Crippen molar-refractivity contribution in [2.45, 2.75) is 45.8 Å². The number of aliphatic hydroxyl groups is 1. The second-order valence-corrected chi connectivity index (χ2v) is 6.19. The van der Waals surface area contributed by atoms with Crippen molar-refractivity contribution in [3.8, 4) is 0 Å². The second-order valence-electron chi connectivity index (χ2n) is 6.19. The Morgan fingerprint density at radius 3 is 2.30 bits per heavy atom. The number of benzene rings is 1. The first-order valence-corrected chi connectivity index (χ1v) is 6.96. The molecule has 1 amide bonds. The van der Waals surface area contributed by atoms with Gasteiger partial charge in [-0.25, -0.2) is 4.79 Å². The molecular weight excluding hydrogens is 304 g/mol.